The summed E-state index contributed by atoms with van der Waals surface area (Å²) in [7, 11) is 0. The van der Waals surface area contributed by atoms with Crippen molar-refractivity contribution in [3.63, 3.8) is 0 Å². The van der Waals surface area contributed by atoms with Gasteiger partial charge in [-0.15, -0.1) is 0 Å². The monoisotopic (exact) mass is 570 g/mol. The molecule has 0 aliphatic rings. The van der Waals surface area contributed by atoms with E-state index in [1.54, 1.807) is 42.5 Å². The van der Waals surface area contributed by atoms with Gasteiger partial charge < -0.3 is 20.1 Å². The molecule has 2 aromatic carbocycles. The largest absolute Gasteiger partial charge is 0.416 e. The molecular weight excluding hydrogens is 537 g/mol. The number of aromatic nitrogens is 2. The lowest BCUT2D eigenvalue weighted by Crippen LogP contribution is -2.48. The maximum atomic E-state index is 13.6. The second-order valence-corrected chi connectivity index (χ2v) is 9.97. The molecule has 1 heterocycles. The molecule has 212 valence electrons. The van der Waals surface area contributed by atoms with Crippen molar-refractivity contribution in [2.24, 2.45) is 0 Å². The number of nitrogens with one attached hydrogen (secondary N) is 2. The van der Waals surface area contributed by atoms with E-state index in [-0.39, 0.29) is 31.0 Å². The van der Waals surface area contributed by atoms with Gasteiger partial charge in [0, 0.05) is 44.1 Å². The molecule has 0 bridgehead atoms. The summed E-state index contributed by atoms with van der Waals surface area (Å²) < 4.78 is 42.7. The number of amides is 1. The van der Waals surface area contributed by atoms with Crippen LogP contribution >= 0.6 is 12.2 Å². The molecule has 0 saturated heterocycles. The third-order valence-corrected chi connectivity index (χ3v) is 6.66. The minimum Gasteiger partial charge on any atom is -0.363 e. The Morgan fingerprint density at radius 1 is 1.20 bits per heavy atom. The van der Waals surface area contributed by atoms with Gasteiger partial charge in [-0.05, 0) is 54.9 Å². The molecule has 0 aliphatic carbocycles. The summed E-state index contributed by atoms with van der Waals surface area (Å²) in [6.45, 7) is 5.11. The van der Waals surface area contributed by atoms with Crippen molar-refractivity contribution < 1.29 is 18.0 Å². The number of rotatable bonds is 12. The number of imidazole rings is 1. The van der Waals surface area contributed by atoms with E-state index in [1.165, 1.54) is 12.1 Å². The quantitative estimate of drug-likeness (QED) is 0.234. The van der Waals surface area contributed by atoms with Gasteiger partial charge in [0.15, 0.2) is 5.11 Å². The number of nitriles is 1. The number of benzene rings is 2. The van der Waals surface area contributed by atoms with Crippen LogP contribution in [0.4, 0.5) is 13.2 Å². The van der Waals surface area contributed by atoms with Crippen LogP contribution in [0.15, 0.2) is 61.1 Å². The molecule has 3 aromatic rings. The van der Waals surface area contributed by atoms with Gasteiger partial charge in [-0.25, -0.2) is 4.98 Å². The molecule has 0 aliphatic heterocycles. The molecule has 0 fully saturated rings. The molecule has 0 saturated carbocycles. The first-order valence-electron chi connectivity index (χ1n) is 13.1. The molecule has 0 radical (unpaired) electrons. The summed E-state index contributed by atoms with van der Waals surface area (Å²) in [5.74, 6) is -0.241. The third-order valence-electron chi connectivity index (χ3n) is 6.26. The highest BCUT2D eigenvalue weighted by atomic mass is 32.1. The number of carbonyl (C=O) groups excluding carboxylic acids is 1. The number of thiocarbonyl (C=S) groups is 1. The number of carbonyl (C=O) groups is 1. The summed E-state index contributed by atoms with van der Waals surface area (Å²) in [5.41, 5.74) is 1.65. The lowest BCUT2D eigenvalue weighted by molar-refractivity contribution is -0.138. The Hall–Kier alpha value is -3.91. The average molecular weight is 571 g/mol. The minimum atomic E-state index is -4.49. The van der Waals surface area contributed by atoms with Crippen LogP contribution in [0.5, 0.6) is 0 Å². The zero-order chi connectivity index (χ0) is 29.1. The molecule has 7 nitrogen and oxygen atoms in total. The van der Waals surface area contributed by atoms with E-state index in [0.29, 0.717) is 29.5 Å². The van der Waals surface area contributed by atoms with Gasteiger partial charge in [-0.1, -0.05) is 43.7 Å². The number of nitrogens with zero attached hydrogens (tertiary/aromatic N) is 4. The van der Waals surface area contributed by atoms with Crippen molar-refractivity contribution in [3.8, 4) is 6.07 Å². The normalized spacial score (nSPS) is 11.9. The van der Waals surface area contributed by atoms with E-state index in [2.05, 4.69) is 21.7 Å². The second-order valence-electron chi connectivity index (χ2n) is 9.59. The van der Waals surface area contributed by atoms with Crippen molar-refractivity contribution in [1.82, 2.24) is 25.1 Å². The number of hydrogen-bond donors (Lipinski definition) is 2. The van der Waals surface area contributed by atoms with Crippen LogP contribution < -0.4 is 10.6 Å². The Balaban J connectivity index is 1.66. The van der Waals surface area contributed by atoms with Crippen molar-refractivity contribution in [1.29, 1.82) is 5.26 Å². The number of alkyl halides is 3. The average Bonchev–Trinajstić information content (AvgIpc) is 3.34. The molecule has 2 N–H and O–H groups in total. The van der Waals surface area contributed by atoms with Crippen LogP contribution in [-0.4, -0.2) is 44.6 Å². The van der Waals surface area contributed by atoms with Crippen LogP contribution in [0.1, 0.15) is 54.6 Å². The molecule has 11 heteroatoms. The number of halogens is 3. The topological polar surface area (TPSA) is 86.0 Å². The zero-order valence-electron chi connectivity index (χ0n) is 22.5. The van der Waals surface area contributed by atoms with Gasteiger partial charge in [0.1, 0.15) is 0 Å². The van der Waals surface area contributed by atoms with Gasteiger partial charge in [0.25, 0.3) is 0 Å². The van der Waals surface area contributed by atoms with Gasteiger partial charge in [-0.3, -0.25) is 4.79 Å². The highest BCUT2D eigenvalue weighted by Crippen LogP contribution is 2.32. The fourth-order valence-corrected chi connectivity index (χ4v) is 4.47. The Kier molecular flexibility index (Phi) is 11.1. The SMILES string of the molecule is CCCCNC(=S)N(Cc1ccccc1C(F)(F)F)C[C@H](C)NC(=O)Cc1cncn1Cc1ccc(C#N)cc1. The van der Waals surface area contributed by atoms with Crippen molar-refractivity contribution in [2.45, 2.75) is 58.4 Å². The zero-order valence-corrected chi connectivity index (χ0v) is 23.4. The van der Waals surface area contributed by atoms with E-state index in [9.17, 15) is 18.0 Å². The summed E-state index contributed by atoms with van der Waals surface area (Å²) in [6, 6.07) is 14.3. The van der Waals surface area contributed by atoms with Crippen molar-refractivity contribution in [2.75, 3.05) is 13.1 Å². The molecule has 1 aromatic heterocycles. The fraction of sp³-hybridized carbons (Fsp3) is 0.379. The van der Waals surface area contributed by atoms with E-state index < -0.39 is 17.8 Å². The van der Waals surface area contributed by atoms with Crippen molar-refractivity contribution in [3.05, 3.63) is 89.0 Å². The minimum absolute atomic E-state index is 0.0504. The first kappa shape index (κ1) is 30.6. The van der Waals surface area contributed by atoms with Crippen LogP contribution in [-0.2, 0) is 30.5 Å². The van der Waals surface area contributed by atoms with Crippen LogP contribution in [0.3, 0.4) is 0 Å². The molecular formula is C29H33F3N6OS. The molecule has 0 spiro atoms. The summed E-state index contributed by atoms with van der Waals surface area (Å²) in [5, 5.41) is 15.4. The van der Waals surface area contributed by atoms with Crippen molar-refractivity contribution >= 4 is 23.2 Å². The lowest BCUT2D eigenvalue weighted by Gasteiger charge is -2.30. The predicted octanol–water partition coefficient (Wildman–Crippen LogP) is 5.05. The Bertz CT molecular complexity index is 1320. The van der Waals surface area contributed by atoms with Crippen LogP contribution in [0.25, 0.3) is 0 Å². The van der Waals surface area contributed by atoms with E-state index in [1.807, 2.05) is 23.6 Å². The highest BCUT2D eigenvalue weighted by molar-refractivity contribution is 7.80. The van der Waals surface area contributed by atoms with Gasteiger partial charge >= 0.3 is 6.18 Å². The summed E-state index contributed by atoms with van der Waals surface area (Å²) >= 11 is 5.54. The van der Waals surface area contributed by atoms with Gasteiger partial charge in [0.2, 0.25) is 5.91 Å². The molecule has 1 amide bonds. The number of hydrogen-bond acceptors (Lipinski definition) is 4. The maximum Gasteiger partial charge on any atom is 0.416 e. The van der Waals surface area contributed by atoms with Crippen LogP contribution in [0.2, 0.25) is 0 Å². The third kappa shape index (κ3) is 9.09. The van der Waals surface area contributed by atoms with Crippen LogP contribution in [0, 0.1) is 11.3 Å². The lowest BCUT2D eigenvalue weighted by atomic mass is 10.1. The second kappa shape index (κ2) is 14.5. The first-order chi connectivity index (χ1) is 19.1. The molecule has 40 heavy (non-hydrogen) atoms. The fourth-order valence-electron chi connectivity index (χ4n) is 4.23. The Morgan fingerprint density at radius 2 is 1.93 bits per heavy atom. The maximum absolute atomic E-state index is 13.6. The Morgan fingerprint density at radius 3 is 2.60 bits per heavy atom. The van der Waals surface area contributed by atoms with Gasteiger partial charge in [0.05, 0.1) is 29.9 Å². The smallest absolute Gasteiger partial charge is 0.363 e. The van der Waals surface area contributed by atoms with Gasteiger partial charge in [-0.2, -0.15) is 18.4 Å². The predicted molar refractivity (Wildman–Crippen MR) is 151 cm³/mol. The molecule has 3 rings (SSSR count). The molecule has 1 atom stereocenters. The van der Waals surface area contributed by atoms with E-state index in [4.69, 9.17) is 17.5 Å². The molecule has 0 unspecified atom stereocenters. The first-order valence-corrected chi connectivity index (χ1v) is 13.5. The van der Waals surface area contributed by atoms with E-state index >= 15 is 0 Å². The van der Waals surface area contributed by atoms with E-state index in [0.717, 1.165) is 24.5 Å². The highest BCUT2D eigenvalue weighted by Gasteiger charge is 2.33. The standard InChI is InChI=1S/C29H33F3N6OS/c1-3-4-13-35-28(40)37(19-24-7-5-6-8-26(24)29(30,31)32)17-21(2)36-27(39)14-25-16-34-20-38(25)18-23-11-9-22(15-33)10-12-23/h5-12,16,20-21H,3-4,13-14,17-19H2,1-2H3,(H,35,40)(H,36,39)/t21-/m0/s1. The summed E-state index contributed by atoms with van der Waals surface area (Å²) in [6.07, 6.45) is 0.679. The summed E-state index contributed by atoms with van der Waals surface area (Å²) in [4.78, 5) is 18.7. The Labute approximate surface area is 238 Å². The number of unbranched alkanes of at least 4 members (excludes halogenated alkanes) is 1.